The molecular weight excluding hydrogens is 264 g/mol. The van der Waals surface area contributed by atoms with E-state index < -0.39 is 23.7 Å². The van der Waals surface area contributed by atoms with Crippen LogP contribution in [0, 0.1) is 0 Å². The molecule has 1 fully saturated rings. The van der Waals surface area contributed by atoms with E-state index in [9.17, 15) is 13.6 Å². The zero-order valence-corrected chi connectivity index (χ0v) is 12.8. The molecule has 1 aliphatic carbocycles. The Balaban J connectivity index is 2.80. The summed E-state index contributed by atoms with van der Waals surface area (Å²) in [6.45, 7) is 7.46. The van der Waals surface area contributed by atoms with E-state index in [4.69, 9.17) is 4.74 Å². The third-order valence-corrected chi connectivity index (χ3v) is 3.22. The number of ether oxygens (including phenoxy) is 1. The molecule has 0 aromatic carbocycles. The van der Waals surface area contributed by atoms with Crippen LogP contribution in [0.2, 0.25) is 0 Å². The van der Waals surface area contributed by atoms with Crippen molar-refractivity contribution in [3.8, 4) is 0 Å². The van der Waals surface area contributed by atoms with Crippen LogP contribution < -0.4 is 0 Å². The minimum atomic E-state index is -2.68. The number of hydrogen-bond acceptors (Lipinski definition) is 2. The Bertz CT molecular complexity index is 361. The minimum Gasteiger partial charge on any atom is -0.444 e. The number of alkyl halides is 2. The highest BCUT2D eigenvalue weighted by Gasteiger charge is 2.40. The largest absolute Gasteiger partial charge is 0.444 e. The van der Waals surface area contributed by atoms with E-state index in [-0.39, 0.29) is 12.8 Å². The lowest BCUT2D eigenvalue weighted by Crippen LogP contribution is -2.47. The van der Waals surface area contributed by atoms with Crippen LogP contribution in [0.25, 0.3) is 0 Å². The van der Waals surface area contributed by atoms with Gasteiger partial charge in [0.2, 0.25) is 5.92 Å². The fourth-order valence-electron chi connectivity index (χ4n) is 2.32. The summed E-state index contributed by atoms with van der Waals surface area (Å²) in [4.78, 5) is 13.6. The Morgan fingerprint density at radius 2 is 2.10 bits per heavy atom. The minimum absolute atomic E-state index is 0.0880. The van der Waals surface area contributed by atoms with E-state index in [0.29, 0.717) is 19.4 Å². The van der Waals surface area contributed by atoms with Gasteiger partial charge in [0.1, 0.15) is 5.60 Å². The summed E-state index contributed by atoms with van der Waals surface area (Å²) in [5.74, 6) is -2.68. The lowest BCUT2D eigenvalue weighted by molar-refractivity contribution is -0.0642. The van der Waals surface area contributed by atoms with Gasteiger partial charge in [-0.3, -0.25) is 0 Å². The molecule has 1 atom stereocenters. The van der Waals surface area contributed by atoms with E-state index in [0.717, 1.165) is 0 Å². The van der Waals surface area contributed by atoms with E-state index in [1.54, 1.807) is 32.9 Å². The normalized spacial score (nSPS) is 22.8. The van der Waals surface area contributed by atoms with Crippen LogP contribution in [0.1, 0.15) is 53.4 Å². The SMILES string of the molecule is CC=CCN(C(=O)OC(C)(C)C)C1CCCC(F)(F)C1. The molecule has 0 N–H and O–H groups in total. The van der Waals surface area contributed by atoms with Gasteiger partial charge < -0.3 is 9.64 Å². The predicted molar refractivity (Wildman–Crippen MR) is 75.0 cm³/mol. The number of carbonyl (C=O) groups excluding carboxylic acids is 1. The van der Waals surface area contributed by atoms with Crippen molar-refractivity contribution in [1.82, 2.24) is 4.90 Å². The van der Waals surface area contributed by atoms with Crippen molar-refractivity contribution in [3.63, 3.8) is 0 Å². The van der Waals surface area contributed by atoms with Crippen molar-refractivity contribution in [2.45, 2.75) is 70.9 Å². The molecule has 1 aliphatic rings. The molecule has 0 radical (unpaired) electrons. The van der Waals surface area contributed by atoms with Crippen molar-refractivity contribution in [2.75, 3.05) is 6.54 Å². The second-order valence-corrected chi connectivity index (χ2v) is 6.31. The van der Waals surface area contributed by atoms with E-state index in [1.807, 2.05) is 6.92 Å². The average molecular weight is 289 g/mol. The van der Waals surface area contributed by atoms with Crippen molar-refractivity contribution >= 4 is 6.09 Å². The molecule has 1 saturated carbocycles. The molecule has 0 aromatic heterocycles. The van der Waals surface area contributed by atoms with Crippen LogP contribution in [0.3, 0.4) is 0 Å². The van der Waals surface area contributed by atoms with Crippen LogP contribution in [-0.2, 0) is 4.74 Å². The first-order valence-corrected chi connectivity index (χ1v) is 7.13. The highest BCUT2D eigenvalue weighted by atomic mass is 19.3. The molecule has 1 amide bonds. The Hall–Kier alpha value is -1.13. The van der Waals surface area contributed by atoms with E-state index in [1.165, 1.54) is 4.90 Å². The monoisotopic (exact) mass is 289 g/mol. The van der Waals surface area contributed by atoms with Gasteiger partial charge in [0.25, 0.3) is 0 Å². The standard InChI is InChI=1S/C15H25F2NO2/c1-5-6-10-18(13(19)20-14(2,3)4)12-8-7-9-15(16,17)11-12/h5-6,12H,7-11H2,1-4H3. The van der Waals surface area contributed by atoms with Crippen molar-refractivity contribution in [1.29, 1.82) is 0 Å². The molecule has 116 valence electrons. The van der Waals surface area contributed by atoms with Crippen LogP contribution in [-0.4, -0.2) is 35.1 Å². The Morgan fingerprint density at radius 3 is 2.60 bits per heavy atom. The third-order valence-electron chi connectivity index (χ3n) is 3.22. The van der Waals surface area contributed by atoms with E-state index >= 15 is 0 Å². The molecule has 0 saturated heterocycles. The maximum absolute atomic E-state index is 13.5. The van der Waals surface area contributed by atoms with Gasteiger partial charge in [-0.25, -0.2) is 13.6 Å². The number of hydrogen-bond donors (Lipinski definition) is 0. The van der Waals surface area contributed by atoms with Gasteiger partial charge in [-0.2, -0.15) is 0 Å². The first-order chi connectivity index (χ1) is 9.14. The molecule has 1 rings (SSSR count). The van der Waals surface area contributed by atoms with Gasteiger partial charge in [-0.05, 0) is 40.5 Å². The van der Waals surface area contributed by atoms with Gasteiger partial charge in [0, 0.05) is 25.4 Å². The summed E-state index contributed by atoms with van der Waals surface area (Å²) in [5.41, 5.74) is -0.623. The topological polar surface area (TPSA) is 29.5 Å². The van der Waals surface area contributed by atoms with Gasteiger partial charge in [-0.1, -0.05) is 12.2 Å². The number of halogens is 2. The van der Waals surface area contributed by atoms with Gasteiger partial charge in [0.15, 0.2) is 0 Å². The summed E-state index contributed by atoms with van der Waals surface area (Å²) < 4.78 is 32.4. The maximum atomic E-state index is 13.5. The number of nitrogens with zero attached hydrogens (tertiary/aromatic N) is 1. The molecule has 0 bridgehead atoms. The number of rotatable bonds is 3. The number of amides is 1. The number of allylic oxidation sites excluding steroid dienone is 1. The van der Waals surface area contributed by atoms with Crippen LogP contribution in [0.4, 0.5) is 13.6 Å². The molecule has 20 heavy (non-hydrogen) atoms. The Labute approximate surface area is 120 Å². The molecule has 3 nitrogen and oxygen atoms in total. The van der Waals surface area contributed by atoms with Gasteiger partial charge >= 0.3 is 6.09 Å². The molecule has 1 unspecified atom stereocenters. The number of carbonyl (C=O) groups is 1. The molecule has 0 aromatic rings. The first kappa shape index (κ1) is 16.9. The highest BCUT2D eigenvalue weighted by molar-refractivity contribution is 5.68. The summed E-state index contributed by atoms with van der Waals surface area (Å²) >= 11 is 0. The zero-order chi connectivity index (χ0) is 15.4. The maximum Gasteiger partial charge on any atom is 0.410 e. The first-order valence-electron chi connectivity index (χ1n) is 7.13. The van der Waals surface area contributed by atoms with Gasteiger partial charge in [-0.15, -0.1) is 0 Å². The van der Waals surface area contributed by atoms with E-state index in [2.05, 4.69) is 0 Å². The Morgan fingerprint density at radius 1 is 1.45 bits per heavy atom. The average Bonchev–Trinajstić information content (AvgIpc) is 2.25. The van der Waals surface area contributed by atoms with Crippen LogP contribution in [0.5, 0.6) is 0 Å². The van der Waals surface area contributed by atoms with Crippen molar-refractivity contribution in [2.24, 2.45) is 0 Å². The highest BCUT2D eigenvalue weighted by Crippen LogP contribution is 2.35. The van der Waals surface area contributed by atoms with Crippen LogP contribution in [0.15, 0.2) is 12.2 Å². The lowest BCUT2D eigenvalue weighted by atomic mass is 9.91. The molecule has 0 aliphatic heterocycles. The Kier molecular flexibility index (Phi) is 5.54. The summed E-state index contributed by atoms with van der Waals surface area (Å²) in [6, 6.07) is -0.454. The quantitative estimate of drug-likeness (QED) is 0.722. The molecule has 0 heterocycles. The third kappa shape index (κ3) is 5.47. The van der Waals surface area contributed by atoms with Gasteiger partial charge in [0.05, 0.1) is 0 Å². The predicted octanol–water partition coefficient (Wildman–Crippen LogP) is 4.38. The zero-order valence-electron chi connectivity index (χ0n) is 12.8. The molecule has 0 spiro atoms. The van der Waals surface area contributed by atoms with Crippen molar-refractivity contribution < 1.29 is 18.3 Å². The summed E-state index contributed by atoms with van der Waals surface area (Å²) in [6.07, 6.45) is 3.76. The fraction of sp³-hybridized carbons (Fsp3) is 0.800. The molecular formula is C15H25F2NO2. The smallest absolute Gasteiger partial charge is 0.410 e. The second kappa shape index (κ2) is 6.55. The molecule has 5 heteroatoms. The summed E-state index contributed by atoms with van der Waals surface area (Å²) in [5, 5.41) is 0. The second-order valence-electron chi connectivity index (χ2n) is 6.31. The summed E-state index contributed by atoms with van der Waals surface area (Å²) in [7, 11) is 0. The lowest BCUT2D eigenvalue weighted by Gasteiger charge is -2.37. The fourth-order valence-corrected chi connectivity index (χ4v) is 2.32. The van der Waals surface area contributed by atoms with Crippen molar-refractivity contribution in [3.05, 3.63) is 12.2 Å². The van der Waals surface area contributed by atoms with Crippen LogP contribution >= 0.6 is 0 Å².